The molecule has 92 valence electrons. The molecule has 0 N–H and O–H groups in total. The zero-order valence-corrected chi connectivity index (χ0v) is 10.8. The molecule has 0 saturated heterocycles. The van der Waals surface area contributed by atoms with E-state index in [1.807, 2.05) is 56.3 Å². The van der Waals surface area contributed by atoms with Gasteiger partial charge in [0, 0.05) is 11.5 Å². The maximum atomic E-state index is 14.1. The van der Waals surface area contributed by atoms with Gasteiger partial charge in [-0.25, -0.2) is 4.39 Å². The molecule has 0 aromatic heterocycles. The predicted octanol–water partition coefficient (Wildman–Crippen LogP) is 5.17. The van der Waals surface area contributed by atoms with E-state index < -0.39 is 0 Å². The molecule has 1 unspecified atom stereocenters. The molecule has 0 bridgehead atoms. The minimum atomic E-state index is -0.174. The molecule has 0 nitrogen and oxygen atoms in total. The van der Waals surface area contributed by atoms with Gasteiger partial charge >= 0.3 is 0 Å². The summed E-state index contributed by atoms with van der Waals surface area (Å²) in [5.74, 6) is 0.0103. The topological polar surface area (TPSA) is 0 Å². The Kier molecular flexibility index (Phi) is 3.61. The van der Waals surface area contributed by atoms with Crippen molar-refractivity contribution in [1.82, 2.24) is 0 Å². The molecule has 0 amide bonds. The van der Waals surface area contributed by atoms with Crippen LogP contribution in [0.25, 0.3) is 11.1 Å². The smallest absolute Gasteiger partial charge is 0.131 e. The van der Waals surface area contributed by atoms with E-state index in [1.165, 1.54) is 0 Å². The fourth-order valence-corrected chi connectivity index (χ4v) is 1.94. The molecule has 0 heterocycles. The average molecular weight is 240 g/mol. The molecule has 2 aromatic carbocycles. The van der Waals surface area contributed by atoms with Crippen molar-refractivity contribution in [2.45, 2.75) is 19.8 Å². The molecule has 2 rings (SSSR count). The first-order chi connectivity index (χ1) is 8.59. The number of benzene rings is 2. The maximum Gasteiger partial charge on any atom is 0.131 e. The summed E-state index contributed by atoms with van der Waals surface area (Å²) in [6.45, 7) is 7.93. The van der Waals surface area contributed by atoms with Crippen molar-refractivity contribution in [3.8, 4) is 11.1 Å². The summed E-state index contributed by atoms with van der Waals surface area (Å²) < 4.78 is 14.1. The minimum Gasteiger partial charge on any atom is -0.206 e. The zero-order valence-electron chi connectivity index (χ0n) is 10.8. The minimum absolute atomic E-state index is 0.174. The van der Waals surface area contributed by atoms with Gasteiger partial charge in [0.25, 0.3) is 0 Å². The molecule has 18 heavy (non-hydrogen) atoms. The Balaban J connectivity index is 2.40. The SMILES string of the molecule is C=C(C)C(C)c1ccc(-c2ccccc2)c(F)c1. The average Bonchev–Trinajstić information content (AvgIpc) is 2.38. The summed E-state index contributed by atoms with van der Waals surface area (Å²) in [4.78, 5) is 0. The van der Waals surface area contributed by atoms with Crippen LogP contribution < -0.4 is 0 Å². The van der Waals surface area contributed by atoms with Crippen LogP contribution in [-0.4, -0.2) is 0 Å². The van der Waals surface area contributed by atoms with Crippen LogP contribution in [0.2, 0.25) is 0 Å². The third-order valence-electron chi connectivity index (χ3n) is 3.32. The van der Waals surface area contributed by atoms with Gasteiger partial charge in [0.05, 0.1) is 0 Å². The normalized spacial score (nSPS) is 12.2. The van der Waals surface area contributed by atoms with Crippen molar-refractivity contribution >= 4 is 0 Å². The van der Waals surface area contributed by atoms with Crippen LogP contribution in [0.1, 0.15) is 25.3 Å². The molecule has 0 aliphatic carbocycles. The summed E-state index contributed by atoms with van der Waals surface area (Å²) in [5, 5.41) is 0. The molecule has 0 spiro atoms. The van der Waals surface area contributed by atoms with Crippen molar-refractivity contribution < 1.29 is 4.39 Å². The largest absolute Gasteiger partial charge is 0.206 e. The van der Waals surface area contributed by atoms with E-state index in [0.29, 0.717) is 5.56 Å². The highest BCUT2D eigenvalue weighted by atomic mass is 19.1. The third kappa shape index (κ3) is 2.51. The molecular weight excluding hydrogens is 223 g/mol. The van der Waals surface area contributed by atoms with Gasteiger partial charge in [-0.1, -0.05) is 61.5 Å². The summed E-state index contributed by atoms with van der Waals surface area (Å²) in [5.41, 5.74) is 3.57. The second-order valence-corrected chi connectivity index (χ2v) is 4.67. The number of allylic oxidation sites excluding steroid dienone is 1. The lowest BCUT2D eigenvalue weighted by Crippen LogP contribution is -1.96. The van der Waals surface area contributed by atoms with E-state index >= 15 is 0 Å². The highest BCUT2D eigenvalue weighted by Crippen LogP contribution is 2.28. The highest BCUT2D eigenvalue weighted by Gasteiger charge is 2.10. The molecule has 0 saturated carbocycles. The number of hydrogen-bond acceptors (Lipinski definition) is 0. The van der Waals surface area contributed by atoms with E-state index in [-0.39, 0.29) is 11.7 Å². The molecule has 0 fully saturated rings. The molecule has 1 heteroatoms. The Labute approximate surface area is 108 Å². The van der Waals surface area contributed by atoms with Gasteiger partial charge in [-0.05, 0) is 24.1 Å². The van der Waals surface area contributed by atoms with Gasteiger partial charge in [-0.15, -0.1) is 0 Å². The lowest BCUT2D eigenvalue weighted by molar-refractivity contribution is 0.627. The van der Waals surface area contributed by atoms with Gasteiger partial charge < -0.3 is 0 Å². The molecular formula is C17H17F. The van der Waals surface area contributed by atoms with Crippen molar-refractivity contribution in [2.75, 3.05) is 0 Å². The monoisotopic (exact) mass is 240 g/mol. The van der Waals surface area contributed by atoms with Crippen LogP contribution in [-0.2, 0) is 0 Å². The zero-order chi connectivity index (χ0) is 13.1. The third-order valence-corrected chi connectivity index (χ3v) is 3.32. The Morgan fingerprint density at radius 3 is 2.33 bits per heavy atom. The summed E-state index contributed by atoms with van der Waals surface area (Å²) in [7, 11) is 0. The van der Waals surface area contributed by atoms with Crippen LogP contribution in [0.5, 0.6) is 0 Å². The van der Waals surface area contributed by atoms with E-state index in [0.717, 1.165) is 16.7 Å². The molecule has 2 aromatic rings. The van der Waals surface area contributed by atoms with E-state index in [4.69, 9.17) is 0 Å². The Morgan fingerprint density at radius 2 is 1.78 bits per heavy atom. The maximum absolute atomic E-state index is 14.1. The lowest BCUT2D eigenvalue weighted by Gasteiger charge is -2.13. The fourth-order valence-electron chi connectivity index (χ4n) is 1.94. The number of hydrogen-bond donors (Lipinski definition) is 0. The molecule has 0 radical (unpaired) electrons. The number of rotatable bonds is 3. The molecule has 0 aliphatic rings. The summed E-state index contributed by atoms with van der Waals surface area (Å²) >= 11 is 0. The van der Waals surface area contributed by atoms with Crippen LogP contribution >= 0.6 is 0 Å². The molecule has 1 atom stereocenters. The van der Waals surface area contributed by atoms with Gasteiger partial charge in [0.2, 0.25) is 0 Å². The van der Waals surface area contributed by atoms with Crippen LogP contribution in [0, 0.1) is 5.82 Å². The van der Waals surface area contributed by atoms with Crippen molar-refractivity contribution in [2.24, 2.45) is 0 Å². The fraction of sp³-hybridized carbons (Fsp3) is 0.176. The first-order valence-corrected chi connectivity index (χ1v) is 6.10. The van der Waals surface area contributed by atoms with E-state index in [2.05, 4.69) is 6.58 Å². The molecule has 0 aliphatic heterocycles. The Hall–Kier alpha value is -1.89. The van der Waals surface area contributed by atoms with Crippen molar-refractivity contribution in [1.29, 1.82) is 0 Å². The standard InChI is InChI=1S/C17H17F/c1-12(2)13(3)15-9-10-16(17(18)11-15)14-7-5-4-6-8-14/h4-11,13H,1H2,2-3H3. The van der Waals surface area contributed by atoms with Crippen molar-refractivity contribution in [3.05, 3.63) is 72.1 Å². The van der Waals surface area contributed by atoms with Gasteiger partial charge in [-0.3, -0.25) is 0 Å². The first kappa shape index (κ1) is 12.6. The van der Waals surface area contributed by atoms with Crippen LogP contribution in [0.15, 0.2) is 60.7 Å². The van der Waals surface area contributed by atoms with Gasteiger partial charge in [0.15, 0.2) is 0 Å². The Bertz CT molecular complexity index is 555. The lowest BCUT2D eigenvalue weighted by atomic mass is 9.93. The van der Waals surface area contributed by atoms with Crippen LogP contribution in [0.3, 0.4) is 0 Å². The number of halogens is 1. The second kappa shape index (κ2) is 5.18. The second-order valence-electron chi connectivity index (χ2n) is 4.67. The van der Waals surface area contributed by atoms with Crippen molar-refractivity contribution in [3.63, 3.8) is 0 Å². The van der Waals surface area contributed by atoms with E-state index in [1.54, 1.807) is 6.07 Å². The predicted molar refractivity (Wildman–Crippen MR) is 75.1 cm³/mol. The Morgan fingerprint density at radius 1 is 1.11 bits per heavy atom. The van der Waals surface area contributed by atoms with Gasteiger partial charge in [0.1, 0.15) is 5.82 Å². The highest BCUT2D eigenvalue weighted by molar-refractivity contribution is 5.64. The summed E-state index contributed by atoms with van der Waals surface area (Å²) in [6.07, 6.45) is 0. The van der Waals surface area contributed by atoms with Gasteiger partial charge in [-0.2, -0.15) is 0 Å². The van der Waals surface area contributed by atoms with E-state index in [9.17, 15) is 4.39 Å². The van der Waals surface area contributed by atoms with Crippen LogP contribution in [0.4, 0.5) is 4.39 Å². The first-order valence-electron chi connectivity index (χ1n) is 6.10. The summed E-state index contributed by atoms with van der Waals surface area (Å²) in [6, 6.07) is 15.0. The quantitative estimate of drug-likeness (QED) is 0.649.